The van der Waals surface area contributed by atoms with Gasteiger partial charge in [0.1, 0.15) is 5.75 Å². The van der Waals surface area contributed by atoms with Gasteiger partial charge in [0.05, 0.1) is 31.3 Å². The number of nitrogens with one attached hydrogen (secondary N) is 1. The molecule has 2 aromatic rings. The van der Waals surface area contributed by atoms with Crippen molar-refractivity contribution in [2.24, 2.45) is 0 Å². The molecule has 1 heterocycles. The molecule has 0 fully saturated rings. The average Bonchev–Trinajstić information content (AvgIpc) is 3.10. The SMILES string of the molecule is CCOCC1=CN(CCCS(=O)(=O)OCCCOc2ccc3ccccc3c2)NN1C. The Morgan fingerprint density at radius 2 is 1.84 bits per heavy atom. The Labute approximate surface area is 184 Å². The lowest BCUT2D eigenvalue weighted by Crippen LogP contribution is -2.39. The molecular weight excluding hydrogens is 418 g/mol. The Morgan fingerprint density at radius 3 is 2.65 bits per heavy atom. The molecule has 0 saturated heterocycles. The molecule has 3 rings (SSSR count). The van der Waals surface area contributed by atoms with Crippen LogP contribution in [0.4, 0.5) is 0 Å². The van der Waals surface area contributed by atoms with Gasteiger partial charge < -0.3 is 9.47 Å². The average molecular weight is 450 g/mol. The summed E-state index contributed by atoms with van der Waals surface area (Å²) in [6, 6.07) is 14.0. The van der Waals surface area contributed by atoms with Crippen LogP contribution in [-0.4, -0.2) is 64.2 Å². The van der Waals surface area contributed by atoms with Crippen LogP contribution < -0.4 is 10.3 Å². The fourth-order valence-electron chi connectivity index (χ4n) is 3.17. The van der Waals surface area contributed by atoms with E-state index in [1.807, 2.05) is 72.7 Å². The highest BCUT2D eigenvalue weighted by Gasteiger charge is 2.18. The Kier molecular flexibility index (Phi) is 8.53. The topological polar surface area (TPSA) is 80.3 Å². The minimum atomic E-state index is -3.56. The summed E-state index contributed by atoms with van der Waals surface area (Å²) in [4.78, 5) is 0. The van der Waals surface area contributed by atoms with E-state index in [9.17, 15) is 8.42 Å². The fourth-order valence-corrected chi connectivity index (χ4v) is 4.14. The summed E-state index contributed by atoms with van der Waals surface area (Å²) in [6.45, 7) is 4.16. The number of nitrogens with zero attached hydrogens (tertiary/aromatic N) is 2. The first-order chi connectivity index (χ1) is 15.0. The van der Waals surface area contributed by atoms with Gasteiger partial charge in [0.2, 0.25) is 0 Å². The smallest absolute Gasteiger partial charge is 0.267 e. The summed E-state index contributed by atoms with van der Waals surface area (Å²) in [7, 11) is -1.66. The number of hydrogen-bond acceptors (Lipinski definition) is 8. The summed E-state index contributed by atoms with van der Waals surface area (Å²) < 4.78 is 40.4. The zero-order valence-electron chi connectivity index (χ0n) is 18.1. The number of ether oxygens (including phenoxy) is 2. The summed E-state index contributed by atoms with van der Waals surface area (Å²) >= 11 is 0. The van der Waals surface area contributed by atoms with Crippen LogP contribution in [0.5, 0.6) is 5.75 Å². The van der Waals surface area contributed by atoms with E-state index in [4.69, 9.17) is 13.7 Å². The van der Waals surface area contributed by atoms with Gasteiger partial charge in [-0.1, -0.05) is 30.3 Å². The lowest BCUT2D eigenvalue weighted by atomic mass is 10.1. The zero-order chi connectivity index (χ0) is 22.1. The van der Waals surface area contributed by atoms with Crippen LogP contribution in [0.25, 0.3) is 10.8 Å². The number of fused-ring (bicyclic) bond motifs is 1. The number of hydrazine groups is 2. The second-order valence-corrected chi connectivity index (χ2v) is 9.02. The molecule has 0 amide bonds. The molecule has 0 spiro atoms. The van der Waals surface area contributed by atoms with E-state index in [1.165, 1.54) is 0 Å². The largest absolute Gasteiger partial charge is 0.493 e. The lowest BCUT2D eigenvalue weighted by Gasteiger charge is -2.20. The van der Waals surface area contributed by atoms with Crippen molar-refractivity contribution in [3.8, 4) is 5.75 Å². The summed E-state index contributed by atoms with van der Waals surface area (Å²) in [5.74, 6) is 0.733. The van der Waals surface area contributed by atoms with Gasteiger partial charge >= 0.3 is 0 Å². The van der Waals surface area contributed by atoms with Crippen LogP contribution in [0.15, 0.2) is 54.4 Å². The molecule has 0 aromatic heterocycles. The van der Waals surface area contributed by atoms with Gasteiger partial charge in [0.25, 0.3) is 10.1 Å². The van der Waals surface area contributed by atoms with Gasteiger partial charge in [-0.3, -0.25) is 14.2 Å². The first-order valence-electron chi connectivity index (χ1n) is 10.5. The standard InChI is InChI=1S/C22H31N3O5S/c1-3-28-18-21-17-25(23-24(21)2)12-6-15-31(26,27)30-14-7-13-29-22-11-10-19-8-4-5-9-20(19)16-22/h4-5,8-11,16-17,23H,3,6-7,12-15,18H2,1-2H3. The summed E-state index contributed by atoms with van der Waals surface area (Å²) in [6.07, 6.45) is 2.87. The van der Waals surface area contributed by atoms with Crippen LogP contribution in [-0.2, 0) is 19.0 Å². The van der Waals surface area contributed by atoms with Crippen LogP contribution in [0.1, 0.15) is 19.8 Å². The van der Waals surface area contributed by atoms with Crippen LogP contribution in [0.2, 0.25) is 0 Å². The Morgan fingerprint density at radius 1 is 1.03 bits per heavy atom. The highest BCUT2D eigenvalue weighted by Crippen LogP contribution is 2.20. The molecule has 2 aromatic carbocycles. The molecule has 0 radical (unpaired) electrons. The van der Waals surface area contributed by atoms with E-state index in [0.717, 1.165) is 22.2 Å². The van der Waals surface area contributed by atoms with Gasteiger partial charge in [0, 0.05) is 32.8 Å². The second kappa shape index (κ2) is 11.3. The Balaban J connectivity index is 1.31. The van der Waals surface area contributed by atoms with E-state index >= 15 is 0 Å². The summed E-state index contributed by atoms with van der Waals surface area (Å²) in [5, 5.41) is 5.97. The molecule has 170 valence electrons. The van der Waals surface area contributed by atoms with Gasteiger partial charge in [-0.15, -0.1) is 5.53 Å². The van der Waals surface area contributed by atoms with Gasteiger partial charge in [0.15, 0.2) is 0 Å². The maximum atomic E-state index is 12.1. The lowest BCUT2D eigenvalue weighted by molar-refractivity contribution is 0.118. The number of likely N-dealkylation sites (N-methyl/N-ethyl adjacent to an activating group) is 1. The minimum absolute atomic E-state index is 0.0327. The molecule has 31 heavy (non-hydrogen) atoms. The van der Waals surface area contributed by atoms with Gasteiger partial charge in [-0.05, 0) is 36.2 Å². The molecule has 0 bridgehead atoms. The molecular formula is C22H31N3O5S. The quantitative estimate of drug-likeness (QED) is 0.369. The maximum Gasteiger partial charge on any atom is 0.267 e. The van der Waals surface area contributed by atoms with Crippen LogP contribution >= 0.6 is 0 Å². The van der Waals surface area contributed by atoms with Crippen molar-refractivity contribution in [3.05, 3.63) is 54.4 Å². The highest BCUT2D eigenvalue weighted by atomic mass is 32.2. The predicted octanol–water partition coefficient (Wildman–Crippen LogP) is 2.89. The van der Waals surface area contributed by atoms with Crippen molar-refractivity contribution in [2.45, 2.75) is 19.8 Å². The summed E-state index contributed by atoms with van der Waals surface area (Å²) in [5.41, 5.74) is 4.12. The molecule has 1 N–H and O–H groups in total. The maximum absolute atomic E-state index is 12.1. The van der Waals surface area contributed by atoms with Gasteiger partial charge in [-0.2, -0.15) is 8.42 Å². The van der Waals surface area contributed by atoms with Gasteiger partial charge in [-0.25, -0.2) is 0 Å². The highest BCUT2D eigenvalue weighted by molar-refractivity contribution is 7.86. The first-order valence-corrected chi connectivity index (χ1v) is 12.1. The molecule has 9 heteroatoms. The van der Waals surface area contributed by atoms with E-state index in [1.54, 1.807) is 0 Å². The zero-order valence-corrected chi connectivity index (χ0v) is 18.9. The normalized spacial score (nSPS) is 14.3. The fraction of sp³-hybridized carbons (Fsp3) is 0.455. The van der Waals surface area contributed by atoms with Crippen LogP contribution in [0, 0.1) is 0 Å². The number of benzene rings is 2. The monoisotopic (exact) mass is 449 g/mol. The molecule has 1 aliphatic rings. The molecule has 8 nitrogen and oxygen atoms in total. The van der Waals surface area contributed by atoms with E-state index in [2.05, 4.69) is 5.53 Å². The Hall–Kier alpha value is -2.33. The van der Waals surface area contributed by atoms with Crippen molar-refractivity contribution >= 4 is 20.9 Å². The predicted molar refractivity (Wildman–Crippen MR) is 121 cm³/mol. The minimum Gasteiger partial charge on any atom is -0.493 e. The third kappa shape index (κ3) is 7.39. The Bertz CT molecular complexity index is 980. The van der Waals surface area contributed by atoms with Crippen molar-refractivity contribution in [1.29, 1.82) is 0 Å². The van der Waals surface area contributed by atoms with E-state index in [0.29, 0.717) is 39.2 Å². The van der Waals surface area contributed by atoms with Crippen LogP contribution in [0.3, 0.4) is 0 Å². The van der Waals surface area contributed by atoms with E-state index < -0.39 is 10.1 Å². The first kappa shape index (κ1) is 23.3. The number of rotatable bonds is 13. The molecule has 1 aliphatic heterocycles. The van der Waals surface area contributed by atoms with Crippen molar-refractivity contribution in [1.82, 2.24) is 15.6 Å². The third-order valence-electron chi connectivity index (χ3n) is 4.80. The molecule has 0 atom stereocenters. The molecule has 0 aliphatic carbocycles. The molecule has 0 saturated carbocycles. The van der Waals surface area contributed by atoms with Crippen molar-refractivity contribution in [3.63, 3.8) is 0 Å². The third-order valence-corrected chi connectivity index (χ3v) is 6.12. The van der Waals surface area contributed by atoms with E-state index in [-0.39, 0.29) is 12.4 Å². The number of hydrogen-bond donors (Lipinski definition) is 1. The second-order valence-electron chi connectivity index (χ2n) is 7.26. The molecule has 0 unspecified atom stereocenters. The van der Waals surface area contributed by atoms with Crippen molar-refractivity contribution < 1.29 is 22.1 Å². The van der Waals surface area contributed by atoms with Crippen molar-refractivity contribution in [2.75, 3.05) is 45.8 Å².